The molecule has 1 saturated carbocycles. The van der Waals surface area contributed by atoms with Gasteiger partial charge in [0.25, 0.3) is 11.6 Å². The minimum Gasteiger partial charge on any atom is -0.349 e. The fraction of sp³-hybridized carbons (Fsp3) is 0.500. The second-order valence-electron chi connectivity index (χ2n) is 5.34. The first-order chi connectivity index (χ1) is 9.47. The van der Waals surface area contributed by atoms with Gasteiger partial charge < -0.3 is 11.1 Å². The van der Waals surface area contributed by atoms with Gasteiger partial charge in [-0.25, -0.2) is 0 Å². The van der Waals surface area contributed by atoms with Crippen molar-refractivity contribution in [3.8, 4) is 0 Å². The molecule has 1 fully saturated rings. The number of benzene rings is 1. The van der Waals surface area contributed by atoms with Crippen molar-refractivity contribution in [2.24, 2.45) is 5.73 Å². The summed E-state index contributed by atoms with van der Waals surface area (Å²) in [6, 6.07) is 4.82. The molecule has 0 radical (unpaired) electrons. The molecule has 1 aliphatic carbocycles. The van der Waals surface area contributed by atoms with Crippen LogP contribution in [0.2, 0.25) is 0 Å². The second-order valence-corrected chi connectivity index (χ2v) is 5.34. The van der Waals surface area contributed by atoms with E-state index in [4.69, 9.17) is 5.73 Å². The molecule has 1 aliphatic rings. The van der Waals surface area contributed by atoms with Gasteiger partial charge in [0.15, 0.2) is 0 Å². The van der Waals surface area contributed by atoms with Gasteiger partial charge >= 0.3 is 0 Å². The van der Waals surface area contributed by atoms with Crippen LogP contribution in [-0.4, -0.2) is 22.9 Å². The first-order valence-corrected chi connectivity index (χ1v) is 6.79. The molecule has 0 saturated heterocycles. The van der Waals surface area contributed by atoms with Crippen molar-refractivity contribution < 1.29 is 9.72 Å². The lowest BCUT2D eigenvalue weighted by molar-refractivity contribution is -0.385. The molecule has 0 bridgehead atoms. The Morgan fingerprint density at radius 2 is 2.00 bits per heavy atom. The minimum atomic E-state index is -0.445. The van der Waals surface area contributed by atoms with Gasteiger partial charge in [-0.2, -0.15) is 0 Å². The highest BCUT2D eigenvalue weighted by molar-refractivity contribution is 5.94. The van der Waals surface area contributed by atoms with E-state index in [-0.39, 0.29) is 23.7 Å². The smallest absolute Gasteiger partial charge is 0.272 e. The number of nitro benzene ring substituents is 1. The highest BCUT2D eigenvalue weighted by Crippen LogP contribution is 2.20. The molecule has 0 atom stereocenters. The van der Waals surface area contributed by atoms with Crippen LogP contribution in [-0.2, 0) is 0 Å². The molecule has 1 amide bonds. The van der Waals surface area contributed by atoms with Crippen LogP contribution in [0.3, 0.4) is 0 Å². The maximum Gasteiger partial charge on any atom is 0.272 e. The van der Waals surface area contributed by atoms with E-state index in [2.05, 4.69) is 5.32 Å². The average molecular weight is 277 g/mol. The maximum absolute atomic E-state index is 12.1. The highest BCUT2D eigenvalue weighted by Gasteiger charge is 2.21. The molecule has 6 nitrogen and oxygen atoms in total. The van der Waals surface area contributed by atoms with Gasteiger partial charge in [0.1, 0.15) is 0 Å². The lowest BCUT2D eigenvalue weighted by atomic mass is 9.91. The molecule has 0 unspecified atom stereocenters. The Bertz CT molecular complexity index is 522. The Kier molecular flexibility index (Phi) is 4.34. The standard InChI is InChI=1S/C14H19N3O3/c1-9-8-10(2-7-13(9)17(19)20)14(18)16-12-5-3-11(15)4-6-12/h2,7-8,11-12H,3-6,15H2,1H3,(H,16,18). The Hall–Kier alpha value is -1.95. The van der Waals surface area contributed by atoms with Crippen LogP contribution in [0.15, 0.2) is 18.2 Å². The van der Waals surface area contributed by atoms with Crippen LogP contribution in [0.25, 0.3) is 0 Å². The van der Waals surface area contributed by atoms with Crippen molar-refractivity contribution in [3.05, 3.63) is 39.4 Å². The van der Waals surface area contributed by atoms with Gasteiger partial charge in [-0.3, -0.25) is 14.9 Å². The number of hydrogen-bond acceptors (Lipinski definition) is 4. The molecular weight excluding hydrogens is 258 g/mol. The summed E-state index contributed by atoms with van der Waals surface area (Å²) >= 11 is 0. The van der Waals surface area contributed by atoms with Gasteiger partial charge in [0.2, 0.25) is 0 Å². The first kappa shape index (κ1) is 14.5. The zero-order chi connectivity index (χ0) is 14.7. The van der Waals surface area contributed by atoms with Gasteiger partial charge in [-0.05, 0) is 44.7 Å². The van der Waals surface area contributed by atoms with E-state index in [1.807, 2.05) is 0 Å². The number of nitrogens with one attached hydrogen (secondary N) is 1. The molecule has 6 heteroatoms. The molecule has 1 aromatic rings. The van der Waals surface area contributed by atoms with Crippen molar-refractivity contribution in [1.29, 1.82) is 0 Å². The van der Waals surface area contributed by atoms with Crippen LogP contribution in [0.1, 0.15) is 41.6 Å². The summed E-state index contributed by atoms with van der Waals surface area (Å²) in [6.07, 6.45) is 3.62. The fourth-order valence-corrected chi connectivity index (χ4v) is 2.53. The number of carbonyl (C=O) groups excluding carboxylic acids is 1. The Morgan fingerprint density at radius 3 is 2.55 bits per heavy atom. The highest BCUT2D eigenvalue weighted by atomic mass is 16.6. The predicted molar refractivity (Wildman–Crippen MR) is 75.5 cm³/mol. The van der Waals surface area contributed by atoms with Gasteiger partial charge in [0.05, 0.1) is 4.92 Å². The Balaban J connectivity index is 2.02. The van der Waals surface area contributed by atoms with Crippen LogP contribution >= 0.6 is 0 Å². The van der Waals surface area contributed by atoms with Crippen molar-refractivity contribution in [2.45, 2.75) is 44.7 Å². The molecule has 3 N–H and O–H groups in total. The molecule has 20 heavy (non-hydrogen) atoms. The van der Waals surface area contributed by atoms with Crippen LogP contribution in [0.4, 0.5) is 5.69 Å². The summed E-state index contributed by atoms with van der Waals surface area (Å²) in [7, 11) is 0. The minimum absolute atomic E-state index is 0.0326. The number of nitrogens with zero attached hydrogens (tertiary/aromatic N) is 1. The number of hydrogen-bond donors (Lipinski definition) is 2. The first-order valence-electron chi connectivity index (χ1n) is 6.79. The largest absolute Gasteiger partial charge is 0.349 e. The molecule has 1 aromatic carbocycles. The maximum atomic E-state index is 12.1. The van der Waals surface area contributed by atoms with Crippen LogP contribution < -0.4 is 11.1 Å². The van der Waals surface area contributed by atoms with Crippen molar-refractivity contribution in [2.75, 3.05) is 0 Å². The van der Waals surface area contributed by atoms with E-state index in [1.165, 1.54) is 12.1 Å². The zero-order valence-corrected chi connectivity index (χ0v) is 11.5. The van der Waals surface area contributed by atoms with Crippen molar-refractivity contribution >= 4 is 11.6 Å². The number of amides is 1. The van der Waals surface area contributed by atoms with E-state index < -0.39 is 4.92 Å². The summed E-state index contributed by atoms with van der Waals surface area (Å²) in [5.74, 6) is -0.177. The number of carbonyl (C=O) groups is 1. The zero-order valence-electron chi connectivity index (χ0n) is 11.5. The van der Waals surface area contributed by atoms with Gasteiger partial charge in [-0.15, -0.1) is 0 Å². The quantitative estimate of drug-likeness (QED) is 0.651. The van der Waals surface area contributed by atoms with E-state index >= 15 is 0 Å². The monoisotopic (exact) mass is 277 g/mol. The van der Waals surface area contributed by atoms with Crippen LogP contribution in [0.5, 0.6) is 0 Å². The summed E-state index contributed by atoms with van der Waals surface area (Å²) in [5.41, 5.74) is 6.81. The van der Waals surface area contributed by atoms with Crippen molar-refractivity contribution in [3.63, 3.8) is 0 Å². The molecular formula is C14H19N3O3. The summed E-state index contributed by atoms with van der Waals surface area (Å²) in [6.45, 7) is 1.63. The number of aryl methyl sites for hydroxylation is 1. The Morgan fingerprint density at radius 1 is 1.35 bits per heavy atom. The van der Waals surface area contributed by atoms with E-state index in [0.717, 1.165) is 25.7 Å². The lowest BCUT2D eigenvalue weighted by Gasteiger charge is -2.26. The molecule has 0 aliphatic heterocycles. The predicted octanol–water partition coefficient (Wildman–Crippen LogP) is 1.90. The molecule has 108 valence electrons. The summed E-state index contributed by atoms with van der Waals surface area (Å²) in [4.78, 5) is 22.4. The Labute approximate surface area is 117 Å². The van der Waals surface area contributed by atoms with Gasteiger partial charge in [-0.1, -0.05) is 0 Å². The molecule has 0 aromatic heterocycles. The van der Waals surface area contributed by atoms with Gasteiger partial charge in [0, 0.05) is 29.3 Å². The van der Waals surface area contributed by atoms with Crippen molar-refractivity contribution in [1.82, 2.24) is 5.32 Å². The second kappa shape index (κ2) is 6.00. The van der Waals surface area contributed by atoms with E-state index in [9.17, 15) is 14.9 Å². The van der Waals surface area contributed by atoms with E-state index in [1.54, 1.807) is 13.0 Å². The number of nitro groups is 1. The number of nitrogens with two attached hydrogens (primary N) is 1. The number of rotatable bonds is 3. The lowest BCUT2D eigenvalue weighted by Crippen LogP contribution is -2.40. The van der Waals surface area contributed by atoms with E-state index in [0.29, 0.717) is 11.1 Å². The van der Waals surface area contributed by atoms with Crippen LogP contribution in [0, 0.1) is 17.0 Å². The third-order valence-corrected chi connectivity index (χ3v) is 3.76. The molecule has 0 heterocycles. The normalized spacial score (nSPS) is 22.3. The molecule has 2 rings (SSSR count). The SMILES string of the molecule is Cc1cc(C(=O)NC2CCC(N)CC2)ccc1[N+](=O)[O-]. The third kappa shape index (κ3) is 3.33. The average Bonchev–Trinajstić information content (AvgIpc) is 2.40. The molecule has 0 spiro atoms. The summed E-state index contributed by atoms with van der Waals surface area (Å²) < 4.78 is 0. The summed E-state index contributed by atoms with van der Waals surface area (Å²) in [5, 5.41) is 13.7. The third-order valence-electron chi connectivity index (χ3n) is 3.76. The topological polar surface area (TPSA) is 98.3 Å². The fourth-order valence-electron chi connectivity index (χ4n) is 2.53.